The van der Waals surface area contributed by atoms with Gasteiger partial charge in [0.05, 0.1) is 34.6 Å². The molecule has 0 unspecified atom stereocenters. The molecule has 28 heavy (non-hydrogen) atoms. The second-order valence-electron chi connectivity index (χ2n) is 6.91. The average molecular weight is 398 g/mol. The van der Waals surface area contributed by atoms with Gasteiger partial charge in [0.2, 0.25) is 0 Å². The Kier molecular flexibility index (Phi) is 4.80. The molecule has 3 aromatic rings. The van der Waals surface area contributed by atoms with E-state index in [0.717, 1.165) is 47.5 Å². The van der Waals surface area contributed by atoms with Crippen LogP contribution >= 0.6 is 11.3 Å². The number of rotatable bonds is 4. The van der Waals surface area contributed by atoms with Crippen molar-refractivity contribution in [1.82, 2.24) is 9.78 Å². The number of ether oxygens (including phenoxy) is 1. The van der Waals surface area contributed by atoms with Crippen LogP contribution < -0.4 is 10.2 Å². The molecule has 0 spiro atoms. The standard InChI is InChI=1S/C20H22N4O3S/c1-12-14-11-17(28-19(14)23(2)22-12)18(25)21-15-10-13(20(26)27-3)6-7-16(15)24-8-4-5-9-24/h6-7,10-11H,4-5,8-9H2,1-3H3,(H,21,25). The lowest BCUT2D eigenvalue weighted by Gasteiger charge is -2.22. The molecule has 4 rings (SSSR count). The first-order chi connectivity index (χ1) is 13.5. The van der Waals surface area contributed by atoms with Crippen LogP contribution in [0.4, 0.5) is 11.4 Å². The van der Waals surface area contributed by atoms with Gasteiger partial charge in [0.15, 0.2) is 0 Å². The molecular formula is C20H22N4O3S. The van der Waals surface area contributed by atoms with Crippen molar-refractivity contribution in [1.29, 1.82) is 0 Å². The third kappa shape index (κ3) is 3.24. The molecule has 1 aliphatic heterocycles. The normalized spacial score (nSPS) is 13.9. The van der Waals surface area contributed by atoms with Gasteiger partial charge < -0.3 is 15.0 Å². The maximum Gasteiger partial charge on any atom is 0.337 e. The van der Waals surface area contributed by atoms with Gasteiger partial charge in [-0.3, -0.25) is 9.48 Å². The number of aryl methyl sites for hydroxylation is 2. The Hall–Kier alpha value is -2.87. The van der Waals surface area contributed by atoms with Crippen LogP contribution in [0.2, 0.25) is 0 Å². The number of benzene rings is 1. The second-order valence-corrected chi connectivity index (χ2v) is 7.94. The summed E-state index contributed by atoms with van der Waals surface area (Å²) in [6.07, 6.45) is 2.24. The molecule has 146 valence electrons. The summed E-state index contributed by atoms with van der Waals surface area (Å²) in [4.78, 5) is 28.7. The van der Waals surface area contributed by atoms with Crippen molar-refractivity contribution in [2.24, 2.45) is 7.05 Å². The predicted octanol–water partition coefficient (Wildman–Crippen LogP) is 3.58. The molecule has 0 radical (unpaired) electrons. The number of amides is 1. The maximum atomic E-state index is 13.0. The fourth-order valence-corrected chi connectivity index (χ4v) is 4.63. The molecule has 1 amide bonds. The summed E-state index contributed by atoms with van der Waals surface area (Å²) >= 11 is 1.41. The van der Waals surface area contributed by atoms with Crippen LogP contribution in [-0.2, 0) is 11.8 Å². The first kappa shape index (κ1) is 18.5. The third-order valence-electron chi connectivity index (χ3n) is 5.03. The van der Waals surface area contributed by atoms with Crippen molar-refractivity contribution >= 4 is 44.8 Å². The molecule has 0 atom stereocenters. The molecule has 7 nitrogen and oxygen atoms in total. The van der Waals surface area contributed by atoms with Crippen LogP contribution in [0.25, 0.3) is 10.2 Å². The smallest absolute Gasteiger partial charge is 0.337 e. The van der Waals surface area contributed by atoms with Crippen LogP contribution in [0.5, 0.6) is 0 Å². The first-order valence-electron chi connectivity index (χ1n) is 9.19. The zero-order chi connectivity index (χ0) is 19.8. The fraction of sp³-hybridized carbons (Fsp3) is 0.350. The van der Waals surface area contributed by atoms with Crippen LogP contribution in [0.15, 0.2) is 24.3 Å². The van der Waals surface area contributed by atoms with Gasteiger partial charge in [-0.05, 0) is 44.0 Å². The summed E-state index contributed by atoms with van der Waals surface area (Å²) < 4.78 is 6.62. The second kappa shape index (κ2) is 7.27. The number of aromatic nitrogens is 2. The molecule has 1 N–H and O–H groups in total. The van der Waals surface area contributed by atoms with E-state index in [-0.39, 0.29) is 5.91 Å². The lowest BCUT2D eigenvalue weighted by molar-refractivity contribution is 0.0600. The molecule has 1 fully saturated rings. The zero-order valence-corrected chi connectivity index (χ0v) is 16.9. The van der Waals surface area contributed by atoms with E-state index < -0.39 is 5.97 Å². The number of nitrogens with one attached hydrogen (secondary N) is 1. The first-order valence-corrected chi connectivity index (χ1v) is 10.0. The quantitative estimate of drug-likeness (QED) is 0.680. The summed E-state index contributed by atoms with van der Waals surface area (Å²) in [7, 11) is 3.22. The minimum Gasteiger partial charge on any atom is -0.465 e. The molecule has 0 saturated carbocycles. The van der Waals surface area contributed by atoms with Crippen molar-refractivity contribution in [2.75, 3.05) is 30.4 Å². The van der Waals surface area contributed by atoms with E-state index in [0.29, 0.717) is 16.1 Å². The number of hydrogen-bond acceptors (Lipinski definition) is 6. The van der Waals surface area contributed by atoms with Crippen molar-refractivity contribution < 1.29 is 14.3 Å². The Morgan fingerprint density at radius 2 is 1.96 bits per heavy atom. The van der Waals surface area contributed by atoms with Crippen LogP contribution in [0.1, 0.15) is 38.6 Å². The summed E-state index contributed by atoms with van der Waals surface area (Å²) in [6, 6.07) is 7.19. The van der Waals surface area contributed by atoms with Crippen LogP contribution in [0, 0.1) is 6.92 Å². The maximum absolute atomic E-state index is 13.0. The number of carbonyl (C=O) groups is 2. The van der Waals surface area contributed by atoms with E-state index in [1.165, 1.54) is 18.4 Å². The van der Waals surface area contributed by atoms with Crippen molar-refractivity contribution in [3.05, 3.63) is 40.4 Å². The van der Waals surface area contributed by atoms with Gasteiger partial charge in [-0.15, -0.1) is 11.3 Å². The molecule has 1 aromatic carbocycles. The van der Waals surface area contributed by atoms with Crippen LogP contribution in [-0.4, -0.2) is 41.9 Å². The minimum atomic E-state index is -0.424. The van der Waals surface area contributed by atoms with E-state index in [9.17, 15) is 9.59 Å². The number of nitrogens with zero attached hydrogens (tertiary/aromatic N) is 3. The Morgan fingerprint density at radius 3 is 2.64 bits per heavy atom. The van der Waals surface area contributed by atoms with Gasteiger partial charge in [-0.2, -0.15) is 5.10 Å². The highest BCUT2D eigenvalue weighted by atomic mass is 32.1. The molecule has 1 aliphatic rings. The van der Waals surface area contributed by atoms with E-state index in [1.807, 2.05) is 26.1 Å². The monoisotopic (exact) mass is 398 g/mol. The summed E-state index contributed by atoms with van der Waals surface area (Å²) in [5.74, 6) is -0.616. The minimum absolute atomic E-state index is 0.192. The zero-order valence-electron chi connectivity index (χ0n) is 16.1. The Balaban J connectivity index is 1.68. The molecule has 2 aromatic heterocycles. The van der Waals surface area contributed by atoms with Crippen molar-refractivity contribution in [2.45, 2.75) is 19.8 Å². The van der Waals surface area contributed by atoms with Gasteiger partial charge in [-0.25, -0.2) is 4.79 Å². The SMILES string of the molecule is COC(=O)c1ccc(N2CCCC2)c(NC(=O)c2cc3c(C)nn(C)c3s2)c1. The summed E-state index contributed by atoms with van der Waals surface area (Å²) in [5, 5.41) is 8.37. The number of hydrogen-bond donors (Lipinski definition) is 1. The fourth-order valence-electron chi connectivity index (χ4n) is 3.62. The van der Waals surface area contributed by atoms with Gasteiger partial charge >= 0.3 is 5.97 Å². The van der Waals surface area contributed by atoms with Crippen molar-refractivity contribution in [3.63, 3.8) is 0 Å². The number of carbonyl (C=O) groups excluding carboxylic acids is 2. The number of fused-ring (bicyclic) bond motifs is 1. The van der Waals surface area contributed by atoms with Gasteiger partial charge in [0, 0.05) is 25.5 Å². The number of esters is 1. The lowest BCUT2D eigenvalue weighted by Crippen LogP contribution is -2.21. The molecule has 0 bridgehead atoms. The van der Waals surface area contributed by atoms with Gasteiger partial charge in [-0.1, -0.05) is 0 Å². The highest BCUT2D eigenvalue weighted by Gasteiger charge is 2.21. The van der Waals surface area contributed by atoms with Crippen molar-refractivity contribution in [3.8, 4) is 0 Å². The average Bonchev–Trinajstić information content (AvgIpc) is 3.41. The molecule has 0 aliphatic carbocycles. The largest absolute Gasteiger partial charge is 0.465 e. The molecular weight excluding hydrogens is 376 g/mol. The number of thiophene rings is 1. The van der Waals surface area contributed by atoms with Gasteiger partial charge in [0.25, 0.3) is 5.91 Å². The Morgan fingerprint density at radius 1 is 1.21 bits per heavy atom. The number of methoxy groups -OCH3 is 1. The predicted molar refractivity (Wildman–Crippen MR) is 111 cm³/mol. The van der Waals surface area contributed by atoms with Crippen LogP contribution in [0.3, 0.4) is 0 Å². The number of anilines is 2. The van der Waals surface area contributed by atoms with E-state index in [1.54, 1.807) is 16.8 Å². The van der Waals surface area contributed by atoms with E-state index in [4.69, 9.17) is 4.74 Å². The van der Waals surface area contributed by atoms with E-state index >= 15 is 0 Å². The Bertz CT molecular complexity index is 1030. The molecule has 3 heterocycles. The Labute approximate surface area is 166 Å². The van der Waals surface area contributed by atoms with Gasteiger partial charge in [0.1, 0.15) is 4.83 Å². The highest BCUT2D eigenvalue weighted by molar-refractivity contribution is 7.20. The van der Waals surface area contributed by atoms with E-state index in [2.05, 4.69) is 15.3 Å². The molecule has 8 heteroatoms. The molecule has 1 saturated heterocycles. The summed E-state index contributed by atoms with van der Waals surface area (Å²) in [5.41, 5.74) is 2.87. The highest BCUT2D eigenvalue weighted by Crippen LogP contribution is 2.32. The topological polar surface area (TPSA) is 76.5 Å². The summed E-state index contributed by atoms with van der Waals surface area (Å²) in [6.45, 7) is 3.81. The lowest BCUT2D eigenvalue weighted by atomic mass is 10.1. The third-order valence-corrected chi connectivity index (χ3v) is 6.23.